The molecule has 0 aliphatic heterocycles. The van der Waals surface area contributed by atoms with Gasteiger partial charge in [0.05, 0.1) is 5.41 Å². The third-order valence-corrected chi connectivity index (χ3v) is 4.40. The zero-order chi connectivity index (χ0) is 18.0. The molecular weight excluding hydrogens is 309 g/mol. The zero-order valence-corrected chi connectivity index (χ0v) is 14.8. The van der Waals surface area contributed by atoms with Crippen LogP contribution in [0.15, 0.2) is 24.3 Å². The third kappa shape index (κ3) is 4.13. The van der Waals surface area contributed by atoms with E-state index in [1.165, 1.54) is 12.1 Å². The number of rotatable bonds is 4. The highest BCUT2D eigenvalue weighted by molar-refractivity contribution is 5.88. The predicted octanol–water partition coefficient (Wildman–Crippen LogP) is 3.48. The summed E-state index contributed by atoms with van der Waals surface area (Å²) in [6, 6.07) is 6.00. The lowest BCUT2D eigenvalue weighted by molar-refractivity contribution is -0.161. The molecule has 1 saturated carbocycles. The minimum Gasteiger partial charge on any atom is -0.452 e. The Morgan fingerprint density at radius 2 is 1.71 bits per heavy atom. The Morgan fingerprint density at radius 3 is 2.21 bits per heavy atom. The van der Waals surface area contributed by atoms with E-state index in [1.807, 2.05) is 20.8 Å². The maximum atomic E-state index is 13.2. The van der Waals surface area contributed by atoms with Crippen molar-refractivity contribution in [3.8, 4) is 0 Å². The largest absolute Gasteiger partial charge is 0.452 e. The van der Waals surface area contributed by atoms with Crippen LogP contribution < -0.4 is 5.32 Å². The molecule has 0 radical (unpaired) electrons. The molecular formula is C19H26FNO3. The fourth-order valence-electron chi connectivity index (χ4n) is 3.16. The molecule has 1 aromatic rings. The van der Waals surface area contributed by atoms with E-state index in [0.717, 1.165) is 18.4 Å². The number of carbonyl (C=O) groups is 2. The molecule has 0 spiro atoms. The number of benzene rings is 1. The molecule has 5 heteroatoms. The Labute approximate surface area is 142 Å². The average molecular weight is 335 g/mol. The molecule has 0 heterocycles. The molecule has 24 heavy (non-hydrogen) atoms. The molecule has 0 unspecified atom stereocenters. The standard InChI is InChI=1S/C19H26FNO3/c1-13(16(22)21-18(2,3)4)24-17(23)19(11-5-6-12-19)14-7-9-15(20)10-8-14/h7-10,13H,5-6,11-12H2,1-4H3,(H,21,22)/t13-/m0/s1. The van der Waals surface area contributed by atoms with Gasteiger partial charge in [0.15, 0.2) is 6.10 Å². The minimum atomic E-state index is -0.866. The summed E-state index contributed by atoms with van der Waals surface area (Å²) in [5.74, 6) is -1.05. The Bertz CT molecular complexity index is 598. The Hall–Kier alpha value is -1.91. The molecule has 2 rings (SSSR count). The van der Waals surface area contributed by atoms with Crippen LogP contribution in [0.2, 0.25) is 0 Å². The van der Waals surface area contributed by atoms with Crippen molar-refractivity contribution in [1.29, 1.82) is 0 Å². The van der Waals surface area contributed by atoms with Gasteiger partial charge >= 0.3 is 5.97 Å². The first-order chi connectivity index (χ1) is 11.1. The number of ether oxygens (including phenoxy) is 1. The zero-order valence-electron chi connectivity index (χ0n) is 14.8. The van der Waals surface area contributed by atoms with E-state index in [-0.39, 0.29) is 17.3 Å². The lowest BCUT2D eigenvalue weighted by atomic mass is 9.79. The van der Waals surface area contributed by atoms with Crippen LogP contribution in [-0.2, 0) is 19.7 Å². The van der Waals surface area contributed by atoms with Crippen LogP contribution in [0.4, 0.5) is 4.39 Å². The van der Waals surface area contributed by atoms with Crippen LogP contribution in [-0.4, -0.2) is 23.5 Å². The highest BCUT2D eigenvalue weighted by Gasteiger charge is 2.45. The van der Waals surface area contributed by atoms with E-state index in [1.54, 1.807) is 19.1 Å². The van der Waals surface area contributed by atoms with E-state index in [4.69, 9.17) is 4.74 Å². The van der Waals surface area contributed by atoms with Crippen LogP contribution >= 0.6 is 0 Å². The summed E-state index contributed by atoms with van der Waals surface area (Å²) in [4.78, 5) is 25.0. The van der Waals surface area contributed by atoms with Crippen molar-refractivity contribution in [2.45, 2.75) is 70.4 Å². The Kier molecular flexibility index (Phi) is 5.31. The molecule has 1 aliphatic rings. The SMILES string of the molecule is C[C@H](OC(=O)C1(c2ccc(F)cc2)CCCC1)C(=O)NC(C)(C)C. The van der Waals surface area contributed by atoms with Gasteiger partial charge in [-0.25, -0.2) is 4.39 Å². The van der Waals surface area contributed by atoms with Crippen LogP contribution in [0.25, 0.3) is 0 Å². The monoisotopic (exact) mass is 335 g/mol. The van der Waals surface area contributed by atoms with Crippen molar-refractivity contribution < 1.29 is 18.7 Å². The highest BCUT2D eigenvalue weighted by atomic mass is 19.1. The topological polar surface area (TPSA) is 55.4 Å². The second-order valence-electron chi connectivity index (χ2n) is 7.58. The summed E-state index contributed by atoms with van der Waals surface area (Å²) in [5.41, 5.74) is -0.404. The number of hydrogen-bond donors (Lipinski definition) is 1. The van der Waals surface area contributed by atoms with E-state index in [2.05, 4.69) is 5.32 Å². The number of halogens is 1. The molecule has 0 aromatic heterocycles. The second kappa shape index (κ2) is 6.91. The Balaban J connectivity index is 2.15. The molecule has 1 amide bonds. The first kappa shape index (κ1) is 18.4. The van der Waals surface area contributed by atoms with E-state index in [0.29, 0.717) is 12.8 Å². The van der Waals surface area contributed by atoms with Gasteiger partial charge in [0.25, 0.3) is 5.91 Å². The molecule has 4 nitrogen and oxygen atoms in total. The van der Waals surface area contributed by atoms with Gasteiger partial charge in [0.1, 0.15) is 5.82 Å². The summed E-state index contributed by atoms with van der Waals surface area (Å²) < 4.78 is 18.7. The maximum Gasteiger partial charge on any atom is 0.317 e. The van der Waals surface area contributed by atoms with Gasteiger partial charge < -0.3 is 10.1 Å². The van der Waals surface area contributed by atoms with Gasteiger partial charge in [-0.05, 0) is 58.2 Å². The summed E-state index contributed by atoms with van der Waals surface area (Å²) in [7, 11) is 0. The highest BCUT2D eigenvalue weighted by Crippen LogP contribution is 2.42. The summed E-state index contributed by atoms with van der Waals surface area (Å²) in [6.07, 6.45) is 2.27. The lowest BCUT2D eigenvalue weighted by Crippen LogP contribution is -2.47. The van der Waals surface area contributed by atoms with Crippen LogP contribution in [0.1, 0.15) is 58.9 Å². The van der Waals surface area contributed by atoms with E-state index < -0.39 is 17.5 Å². The maximum absolute atomic E-state index is 13.2. The average Bonchev–Trinajstić information content (AvgIpc) is 2.97. The van der Waals surface area contributed by atoms with Crippen molar-refractivity contribution >= 4 is 11.9 Å². The lowest BCUT2D eigenvalue weighted by Gasteiger charge is -2.29. The summed E-state index contributed by atoms with van der Waals surface area (Å²) in [5, 5.41) is 2.81. The first-order valence-corrected chi connectivity index (χ1v) is 8.43. The van der Waals surface area contributed by atoms with Gasteiger partial charge in [-0.2, -0.15) is 0 Å². The van der Waals surface area contributed by atoms with Gasteiger partial charge in [0.2, 0.25) is 0 Å². The fourth-order valence-corrected chi connectivity index (χ4v) is 3.16. The van der Waals surface area contributed by atoms with Crippen molar-refractivity contribution in [1.82, 2.24) is 5.32 Å². The van der Waals surface area contributed by atoms with Crippen molar-refractivity contribution in [3.05, 3.63) is 35.6 Å². The van der Waals surface area contributed by atoms with Crippen LogP contribution in [0, 0.1) is 5.82 Å². The van der Waals surface area contributed by atoms with E-state index in [9.17, 15) is 14.0 Å². The number of esters is 1. The molecule has 1 fully saturated rings. The quantitative estimate of drug-likeness (QED) is 0.857. The first-order valence-electron chi connectivity index (χ1n) is 8.43. The minimum absolute atomic E-state index is 0.317. The fraction of sp³-hybridized carbons (Fsp3) is 0.579. The van der Waals surface area contributed by atoms with Crippen molar-refractivity contribution in [2.24, 2.45) is 0 Å². The van der Waals surface area contributed by atoms with Crippen molar-refractivity contribution in [3.63, 3.8) is 0 Å². The van der Waals surface area contributed by atoms with Crippen LogP contribution in [0.5, 0.6) is 0 Å². The predicted molar refractivity (Wildman–Crippen MR) is 90.0 cm³/mol. The van der Waals surface area contributed by atoms with Gasteiger partial charge in [-0.1, -0.05) is 25.0 Å². The molecule has 1 aromatic carbocycles. The van der Waals surface area contributed by atoms with Crippen molar-refractivity contribution in [2.75, 3.05) is 0 Å². The molecule has 0 bridgehead atoms. The number of carbonyl (C=O) groups excluding carboxylic acids is 2. The third-order valence-electron chi connectivity index (χ3n) is 4.40. The van der Waals surface area contributed by atoms with Gasteiger partial charge in [-0.15, -0.1) is 0 Å². The molecule has 132 valence electrons. The smallest absolute Gasteiger partial charge is 0.317 e. The summed E-state index contributed by atoms with van der Waals surface area (Å²) >= 11 is 0. The number of nitrogens with one attached hydrogen (secondary N) is 1. The molecule has 1 atom stereocenters. The van der Waals surface area contributed by atoms with Gasteiger partial charge in [0, 0.05) is 5.54 Å². The van der Waals surface area contributed by atoms with E-state index >= 15 is 0 Å². The second-order valence-corrected chi connectivity index (χ2v) is 7.58. The number of amides is 1. The molecule has 0 saturated heterocycles. The van der Waals surface area contributed by atoms with Gasteiger partial charge in [-0.3, -0.25) is 9.59 Å². The Morgan fingerprint density at radius 1 is 1.17 bits per heavy atom. The van der Waals surface area contributed by atoms with Crippen LogP contribution in [0.3, 0.4) is 0 Å². The number of hydrogen-bond acceptors (Lipinski definition) is 3. The summed E-state index contributed by atoms with van der Waals surface area (Å²) in [6.45, 7) is 7.19. The molecule has 1 aliphatic carbocycles. The normalized spacial score (nSPS) is 18.0. The molecule has 1 N–H and O–H groups in total.